The number of nitrogens with zero attached hydrogens (tertiary/aromatic N) is 1. The van der Waals surface area contributed by atoms with Crippen molar-refractivity contribution < 1.29 is 14.4 Å². The van der Waals surface area contributed by atoms with Crippen LogP contribution in [0.2, 0.25) is 0 Å². The lowest BCUT2D eigenvalue weighted by Crippen LogP contribution is -2.25. The molecule has 5 heteroatoms. The lowest BCUT2D eigenvalue weighted by molar-refractivity contribution is -0.146. The van der Waals surface area contributed by atoms with Crippen molar-refractivity contribution in [2.75, 3.05) is 0 Å². The highest BCUT2D eigenvalue weighted by molar-refractivity contribution is 5.93. The normalized spacial score (nSPS) is 9.00. The van der Waals surface area contributed by atoms with Crippen LogP contribution in [0.5, 0.6) is 0 Å². The fraction of sp³-hybridized carbons (Fsp3) is 0.125. The maximum Gasteiger partial charge on any atom is 0.329 e. The van der Waals surface area contributed by atoms with E-state index >= 15 is 0 Å². The van der Waals surface area contributed by atoms with Gasteiger partial charge in [0, 0.05) is 19.3 Å². The number of amides is 1. The topological polar surface area (TPSA) is 68.3 Å². The molecule has 0 fully saturated rings. The number of pyridine rings is 1. The summed E-state index contributed by atoms with van der Waals surface area (Å²) in [5, 5.41) is 0. The van der Waals surface area contributed by atoms with Gasteiger partial charge >= 0.3 is 5.97 Å². The minimum absolute atomic E-state index is 0.337. The third-order valence-corrected chi connectivity index (χ3v) is 1.21. The van der Waals surface area contributed by atoms with E-state index in [0.717, 1.165) is 0 Å². The lowest BCUT2D eigenvalue weighted by Gasteiger charge is -2.01. The number of aromatic nitrogens is 1. The summed E-state index contributed by atoms with van der Waals surface area (Å²) in [5.41, 5.74) is 2.31. The minimum atomic E-state index is -0.572. The zero-order chi connectivity index (χ0) is 9.68. The van der Waals surface area contributed by atoms with Crippen molar-refractivity contribution in [1.82, 2.24) is 10.5 Å². The molecule has 1 N–H and O–H groups in total. The molecule has 68 valence electrons. The molecule has 0 spiro atoms. The van der Waals surface area contributed by atoms with Crippen LogP contribution in [0.25, 0.3) is 0 Å². The minimum Gasteiger partial charge on any atom is -0.341 e. The molecule has 1 aromatic heterocycles. The second kappa shape index (κ2) is 4.20. The molecule has 0 bridgehead atoms. The zero-order valence-electron chi connectivity index (χ0n) is 6.98. The van der Waals surface area contributed by atoms with E-state index < -0.39 is 11.9 Å². The molecular weight excluding hydrogens is 172 g/mol. The summed E-state index contributed by atoms with van der Waals surface area (Å²) in [6.07, 6.45) is 2.92. The first-order chi connectivity index (χ1) is 6.20. The number of nitrogens with one attached hydrogen (secondary N) is 1. The van der Waals surface area contributed by atoms with Crippen LogP contribution in [-0.2, 0) is 9.63 Å². The molecule has 0 saturated carbocycles. The highest BCUT2D eigenvalue weighted by Crippen LogP contribution is 1.94. The first kappa shape index (κ1) is 9.18. The summed E-state index contributed by atoms with van der Waals surface area (Å²) < 4.78 is 0. The molecular formula is C8H8N2O3. The average molecular weight is 180 g/mol. The number of carbonyl (C=O) groups is 2. The summed E-state index contributed by atoms with van der Waals surface area (Å²) >= 11 is 0. The van der Waals surface area contributed by atoms with Crippen molar-refractivity contribution in [3.63, 3.8) is 0 Å². The van der Waals surface area contributed by atoms with Crippen LogP contribution in [0.1, 0.15) is 17.3 Å². The summed E-state index contributed by atoms with van der Waals surface area (Å²) in [4.78, 5) is 29.5. The van der Waals surface area contributed by atoms with Gasteiger partial charge in [0.25, 0.3) is 5.91 Å². The Balaban J connectivity index is 2.54. The Bertz CT molecular complexity index is 310. The lowest BCUT2D eigenvalue weighted by atomic mass is 10.3. The predicted octanol–water partition coefficient (Wildman–Crippen LogP) is 0.290. The number of hydroxylamine groups is 1. The van der Waals surface area contributed by atoms with E-state index in [1.54, 1.807) is 18.3 Å². The van der Waals surface area contributed by atoms with Gasteiger partial charge in [0.05, 0.1) is 5.56 Å². The van der Waals surface area contributed by atoms with Crippen LogP contribution in [0.15, 0.2) is 24.5 Å². The van der Waals surface area contributed by atoms with Crippen LogP contribution < -0.4 is 5.48 Å². The third-order valence-electron chi connectivity index (χ3n) is 1.21. The summed E-state index contributed by atoms with van der Waals surface area (Å²) in [6.45, 7) is 1.20. The van der Waals surface area contributed by atoms with E-state index in [4.69, 9.17) is 0 Å². The zero-order valence-corrected chi connectivity index (χ0v) is 6.98. The van der Waals surface area contributed by atoms with Gasteiger partial charge in [0.1, 0.15) is 0 Å². The van der Waals surface area contributed by atoms with E-state index in [1.165, 1.54) is 13.1 Å². The van der Waals surface area contributed by atoms with Crippen LogP contribution in [0.3, 0.4) is 0 Å². The molecule has 1 aromatic rings. The molecule has 0 aromatic carbocycles. The molecule has 13 heavy (non-hydrogen) atoms. The number of hydrogen-bond acceptors (Lipinski definition) is 4. The SMILES string of the molecule is CC(=O)ONC(=O)c1cccnc1. The molecule has 0 aliphatic heterocycles. The van der Waals surface area contributed by atoms with Crippen LogP contribution in [0, 0.1) is 0 Å². The Kier molecular flexibility index (Phi) is 2.97. The first-order valence-electron chi connectivity index (χ1n) is 3.58. The maximum atomic E-state index is 11.1. The Labute approximate surface area is 74.7 Å². The smallest absolute Gasteiger partial charge is 0.329 e. The summed E-state index contributed by atoms with van der Waals surface area (Å²) in [6, 6.07) is 3.18. The number of hydrogen-bond donors (Lipinski definition) is 1. The van der Waals surface area contributed by atoms with Gasteiger partial charge in [0.15, 0.2) is 0 Å². The molecule has 1 heterocycles. The second-order valence-electron chi connectivity index (χ2n) is 2.27. The summed E-state index contributed by atoms with van der Waals surface area (Å²) in [7, 11) is 0. The molecule has 0 radical (unpaired) electrons. The Hall–Kier alpha value is -1.91. The molecule has 0 unspecified atom stereocenters. The van der Waals surface area contributed by atoms with Crippen molar-refractivity contribution in [2.24, 2.45) is 0 Å². The van der Waals surface area contributed by atoms with Gasteiger partial charge in [-0.2, -0.15) is 5.48 Å². The van der Waals surface area contributed by atoms with Crippen molar-refractivity contribution >= 4 is 11.9 Å². The first-order valence-corrected chi connectivity index (χ1v) is 3.58. The van der Waals surface area contributed by atoms with Gasteiger partial charge in [0.2, 0.25) is 0 Å². The van der Waals surface area contributed by atoms with Crippen LogP contribution in [-0.4, -0.2) is 16.9 Å². The van der Waals surface area contributed by atoms with Crippen molar-refractivity contribution in [2.45, 2.75) is 6.92 Å². The highest BCUT2D eigenvalue weighted by atomic mass is 16.7. The van der Waals surface area contributed by atoms with E-state index in [-0.39, 0.29) is 0 Å². The van der Waals surface area contributed by atoms with Crippen LogP contribution >= 0.6 is 0 Å². The largest absolute Gasteiger partial charge is 0.341 e. The molecule has 0 saturated heterocycles. The van der Waals surface area contributed by atoms with E-state index in [2.05, 4.69) is 9.82 Å². The molecule has 0 atom stereocenters. The molecule has 1 rings (SSSR count). The predicted molar refractivity (Wildman–Crippen MR) is 43.5 cm³/mol. The maximum absolute atomic E-state index is 11.1. The van der Waals surface area contributed by atoms with E-state index in [1.807, 2.05) is 5.48 Å². The second-order valence-corrected chi connectivity index (χ2v) is 2.27. The van der Waals surface area contributed by atoms with Gasteiger partial charge < -0.3 is 4.84 Å². The molecule has 5 nitrogen and oxygen atoms in total. The van der Waals surface area contributed by atoms with E-state index in [0.29, 0.717) is 5.56 Å². The van der Waals surface area contributed by atoms with Gasteiger partial charge in [-0.3, -0.25) is 14.6 Å². The van der Waals surface area contributed by atoms with Crippen molar-refractivity contribution in [3.05, 3.63) is 30.1 Å². The third kappa shape index (κ3) is 2.90. The van der Waals surface area contributed by atoms with Gasteiger partial charge in [-0.05, 0) is 12.1 Å². The highest BCUT2D eigenvalue weighted by Gasteiger charge is 2.05. The Morgan fingerprint density at radius 3 is 2.85 bits per heavy atom. The molecule has 0 aliphatic rings. The molecule has 1 amide bonds. The van der Waals surface area contributed by atoms with Crippen molar-refractivity contribution in [3.8, 4) is 0 Å². The van der Waals surface area contributed by atoms with Gasteiger partial charge in [-0.25, -0.2) is 0 Å². The number of rotatable bonds is 1. The van der Waals surface area contributed by atoms with Crippen molar-refractivity contribution in [1.29, 1.82) is 0 Å². The average Bonchev–Trinajstić information content (AvgIpc) is 2.15. The van der Waals surface area contributed by atoms with Gasteiger partial charge in [-0.15, -0.1) is 0 Å². The summed E-state index contributed by atoms with van der Waals surface area (Å²) in [5.74, 6) is -1.07. The number of carbonyl (C=O) groups excluding carboxylic acids is 2. The fourth-order valence-corrected chi connectivity index (χ4v) is 0.674. The monoisotopic (exact) mass is 180 g/mol. The molecule has 0 aliphatic carbocycles. The van der Waals surface area contributed by atoms with Gasteiger partial charge in [-0.1, -0.05) is 0 Å². The Morgan fingerprint density at radius 1 is 1.54 bits per heavy atom. The van der Waals surface area contributed by atoms with E-state index in [9.17, 15) is 9.59 Å². The standard InChI is InChI=1S/C8H8N2O3/c1-6(11)13-10-8(12)7-3-2-4-9-5-7/h2-5H,1H3,(H,10,12). The Morgan fingerprint density at radius 2 is 2.31 bits per heavy atom. The van der Waals surface area contributed by atoms with Crippen LogP contribution in [0.4, 0.5) is 0 Å². The fourth-order valence-electron chi connectivity index (χ4n) is 0.674. The quantitative estimate of drug-likeness (QED) is 0.630.